The van der Waals surface area contributed by atoms with Crippen molar-refractivity contribution >= 4 is 29.1 Å². The van der Waals surface area contributed by atoms with E-state index in [-0.39, 0.29) is 23.9 Å². The van der Waals surface area contributed by atoms with E-state index in [1.165, 1.54) is 5.56 Å². The zero-order valence-electron chi connectivity index (χ0n) is 11.7. The van der Waals surface area contributed by atoms with Crippen LogP contribution in [-0.2, 0) is 4.79 Å². The van der Waals surface area contributed by atoms with Gasteiger partial charge in [-0.1, -0.05) is 30.3 Å². The van der Waals surface area contributed by atoms with Gasteiger partial charge >= 0.3 is 0 Å². The molecular weight excluding hydrogens is 293 g/mol. The molecule has 1 amide bonds. The van der Waals surface area contributed by atoms with Crippen LogP contribution in [0.1, 0.15) is 38.2 Å². The van der Waals surface area contributed by atoms with E-state index in [1.54, 1.807) is 0 Å². The summed E-state index contributed by atoms with van der Waals surface area (Å²) in [6.07, 6.45) is 1.59. The molecule has 1 aliphatic carbocycles. The van der Waals surface area contributed by atoms with Crippen molar-refractivity contribution in [3.05, 3.63) is 35.9 Å². The normalized spacial score (nSPS) is 35.1. The van der Waals surface area contributed by atoms with Crippen LogP contribution < -0.4 is 0 Å². The molecule has 108 valence electrons. The van der Waals surface area contributed by atoms with Gasteiger partial charge in [0.2, 0.25) is 5.91 Å². The standard InChI is InChI=1S/C16H19Cl2NO/c1-10-8-13(12-6-4-3-5-7-12)11(2)19(10)15(20)14-9-16(14,17)18/h3-7,10-11,13-14H,8-9H2,1-2H3/t10-,11-,13+,14+/m1/s1. The molecule has 0 bridgehead atoms. The van der Waals surface area contributed by atoms with E-state index in [2.05, 4.69) is 38.1 Å². The van der Waals surface area contributed by atoms with Gasteiger partial charge in [-0.15, -0.1) is 23.2 Å². The van der Waals surface area contributed by atoms with E-state index >= 15 is 0 Å². The predicted molar refractivity (Wildman–Crippen MR) is 82.1 cm³/mol. The topological polar surface area (TPSA) is 20.3 Å². The number of likely N-dealkylation sites (tertiary alicyclic amines) is 1. The fourth-order valence-corrected chi connectivity index (χ4v) is 3.96. The number of carbonyl (C=O) groups is 1. The maximum Gasteiger partial charge on any atom is 0.229 e. The molecule has 3 rings (SSSR count). The number of hydrogen-bond donors (Lipinski definition) is 0. The number of alkyl halides is 2. The van der Waals surface area contributed by atoms with Gasteiger partial charge in [-0.2, -0.15) is 0 Å². The number of hydrogen-bond acceptors (Lipinski definition) is 1. The van der Waals surface area contributed by atoms with Gasteiger partial charge in [0, 0.05) is 18.0 Å². The summed E-state index contributed by atoms with van der Waals surface area (Å²) in [5.74, 6) is 0.299. The molecule has 1 saturated heterocycles. The number of carbonyl (C=O) groups excluding carboxylic acids is 1. The number of amides is 1. The highest BCUT2D eigenvalue weighted by Crippen LogP contribution is 2.55. The van der Waals surface area contributed by atoms with Crippen LogP contribution in [0.5, 0.6) is 0 Å². The van der Waals surface area contributed by atoms with Crippen LogP contribution in [0, 0.1) is 5.92 Å². The van der Waals surface area contributed by atoms with Gasteiger partial charge in [0.1, 0.15) is 4.33 Å². The molecule has 0 spiro atoms. The van der Waals surface area contributed by atoms with Crippen molar-refractivity contribution in [3.8, 4) is 0 Å². The van der Waals surface area contributed by atoms with Crippen LogP contribution in [0.15, 0.2) is 30.3 Å². The highest BCUT2D eigenvalue weighted by molar-refractivity contribution is 6.52. The minimum absolute atomic E-state index is 0.119. The summed E-state index contributed by atoms with van der Waals surface area (Å²) in [7, 11) is 0. The van der Waals surface area contributed by atoms with Gasteiger partial charge in [0.15, 0.2) is 0 Å². The Balaban J connectivity index is 1.79. The van der Waals surface area contributed by atoms with Gasteiger partial charge in [-0.25, -0.2) is 0 Å². The number of nitrogens with zero attached hydrogens (tertiary/aromatic N) is 1. The van der Waals surface area contributed by atoms with E-state index in [0.29, 0.717) is 12.3 Å². The average molecular weight is 312 g/mol. The van der Waals surface area contributed by atoms with Gasteiger partial charge in [-0.05, 0) is 32.3 Å². The number of rotatable bonds is 2. The van der Waals surface area contributed by atoms with Crippen molar-refractivity contribution in [3.63, 3.8) is 0 Å². The molecule has 1 aromatic carbocycles. The summed E-state index contributed by atoms with van der Waals surface area (Å²) < 4.78 is -0.832. The second-order valence-electron chi connectivity index (χ2n) is 6.11. The third-order valence-electron chi connectivity index (χ3n) is 4.70. The largest absolute Gasteiger partial charge is 0.336 e. The Morgan fingerprint density at radius 2 is 1.85 bits per heavy atom. The van der Waals surface area contributed by atoms with Crippen molar-refractivity contribution in [2.45, 2.75) is 49.0 Å². The highest BCUT2D eigenvalue weighted by Gasteiger charge is 2.59. The van der Waals surface area contributed by atoms with Crippen LogP contribution in [0.4, 0.5) is 0 Å². The number of benzene rings is 1. The molecule has 4 heteroatoms. The first kappa shape index (κ1) is 14.2. The first-order valence-electron chi connectivity index (χ1n) is 7.17. The first-order chi connectivity index (χ1) is 9.42. The van der Waals surface area contributed by atoms with Crippen molar-refractivity contribution < 1.29 is 4.79 Å². The first-order valence-corrected chi connectivity index (χ1v) is 7.92. The highest BCUT2D eigenvalue weighted by atomic mass is 35.5. The smallest absolute Gasteiger partial charge is 0.229 e. The lowest BCUT2D eigenvalue weighted by atomic mass is 9.92. The summed E-state index contributed by atoms with van der Waals surface area (Å²) in [4.78, 5) is 14.6. The molecule has 1 saturated carbocycles. The van der Waals surface area contributed by atoms with Gasteiger partial charge in [-0.3, -0.25) is 4.79 Å². The zero-order valence-corrected chi connectivity index (χ0v) is 13.2. The Labute approximate surface area is 130 Å². The molecule has 0 aromatic heterocycles. The third-order valence-corrected chi connectivity index (χ3v) is 5.53. The molecule has 1 aromatic rings. The van der Waals surface area contributed by atoms with Gasteiger partial charge in [0.05, 0.1) is 5.92 Å². The van der Waals surface area contributed by atoms with Crippen LogP contribution in [0.25, 0.3) is 0 Å². The summed E-state index contributed by atoms with van der Waals surface area (Å²) in [5.41, 5.74) is 1.31. The second kappa shape index (κ2) is 4.92. The lowest BCUT2D eigenvalue weighted by molar-refractivity contribution is -0.135. The lowest BCUT2D eigenvalue weighted by Gasteiger charge is -2.28. The van der Waals surface area contributed by atoms with Crippen molar-refractivity contribution in [1.82, 2.24) is 4.90 Å². The summed E-state index contributed by atoms with van der Waals surface area (Å²) in [6.45, 7) is 4.25. The third kappa shape index (κ3) is 2.33. The molecule has 0 radical (unpaired) electrons. The Kier molecular flexibility index (Phi) is 3.50. The van der Waals surface area contributed by atoms with E-state index in [1.807, 2.05) is 11.0 Å². The molecule has 0 N–H and O–H groups in total. The fraction of sp³-hybridized carbons (Fsp3) is 0.562. The zero-order chi connectivity index (χ0) is 14.5. The summed E-state index contributed by atoms with van der Waals surface area (Å²) >= 11 is 12.1. The Hall–Kier alpha value is -0.730. The molecule has 2 fully saturated rings. The molecule has 20 heavy (non-hydrogen) atoms. The van der Waals surface area contributed by atoms with Crippen LogP contribution in [0.2, 0.25) is 0 Å². The molecule has 2 nitrogen and oxygen atoms in total. The Morgan fingerprint density at radius 1 is 1.25 bits per heavy atom. The molecule has 1 aliphatic heterocycles. The van der Waals surface area contributed by atoms with Crippen molar-refractivity contribution in [2.75, 3.05) is 0 Å². The Bertz CT molecular complexity index is 516. The summed E-state index contributed by atoms with van der Waals surface area (Å²) in [5, 5.41) is 0. The number of halogens is 2. The van der Waals surface area contributed by atoms with Crippen molar-refractivity contribution in [2.24, 2.45) is 5.92 Å². The quantitative estimate of drug-likeness (QED) is 0.757. The van der Waals surface area contributed by atoms with Crippen molar-refractivity contribution in [1.29, 1.82) is 0 Å². The van der Waals surface area contributed by atoms with E-state index in [4.69, 9.17) is 23.2 Å². The second-order valence-corrected chi connectivity index (χ2v) is 7.65. The van der Waals surface area contributed by atoms with Crippen LogP contribution in [-0.4, -0.2) is 27.2 Å². The summed E-state index contributed by atoms with van der Waals surface area (Å²) in [6, 6.07) is 10.9. The van der Waals surface area contributed by atoms with Gasteiger partial charge < -0.3 is 4.90 Å². The maximum absolute atomic E-state index is 12.6. The minimum Gasteiger partial charge on any atom is -0.336 e. The van der Waals surface area contributed by atoms with E-state index < -0.39 is 4.33 Å². The van der Waals surface area contributed by atoms with Crippen LogP contribution >= 0.6 is 23.2 Å². The average Bonchev–Trinajstić information content (AvgIpc) is 2.95. The maximum atomic E-state index is 12.6. The van der Waals surface area contributed by atoms with Gasteiger partial charge in [0.25, 0.3) is 0 Å². The minimum atomic E-state index is -0.832. The predicted octanol–water partition coefficient (Wildman–Crippen LogP) is 3.97. The van der Waals surface area contributed by atoms with E-state index in [0.717, 1.165) is 6.42 Å². The SMILES string of the molecule is C[C@@H]1C[C@H](c2ccccc2)[C@@H](C)N1C(=O)[C@@H]1CC1(Cl)Cl. The molecule has 2 aliphatic rings. The lowest BCUT2D eigenvalue weighted by Crippen LogP contribution is -2.41. The molecule has 0 unspecified atom stereocenters. The van der Waals surface area contributed by atoms with Crippen LogP contribution in [0.3, 0.4) is 0 Å². The molecular formula is C16H19Cl2NO. The Morgan fingerprint density at radius 3 is 2.40 bits per heavy atom. The molecule has 4 atom stereocenters. The monoisotopic (exact) mass is 311 g/mol. The fourth-order valence-electron chi connectivity index (χ4n) is 3.47. The molecule has 1 heterocycles. The van der Waals surface area contributed by atoms with E-state index in [9.17, 15) is 4.79 Å².